The molecule has 0 atom stereocenters. The first kappa shape index (κ1) is 13.1. The average molecular weight is 258 g/mol. The van der Waals surface area contributed by atoms with Crippen LogP contribution in [0.2, 0.25) is 0 Å². The summed E-state index contributed by atoms with van der Waals surface area (Å²) in [7, 11) is 1.64. The quantitative estimate of drug-likeness (QED) is 0.882. The Kier molecular flexibility index (Phi) is 3.85. The van der Waals surface area contributed by atoms with Crippen LogP contribution in [0, 0.1) is 0 Å². The fourth-order valence-corrected chi connectivity index (χ4v) is 1.95. The van der Waals surface area contributed by atoms with Crippen molar-refractivity contribution in [1.29, 1.82) is 0 Å². The van der Waals surface area contributed by atoms with Crippen molar-refractivity contribution in [3.05, 3.63) is 36.2 Å². The van der Waals surface area contributed by atoms with E-state index in [0.29, 0.717) is 11.6 Å². The van der Waals surface area contributed by atoms with Crippen molar-refractivity contribution >= 4 is 17.3 Å². The Hall–Kier alpha value is -2.30. The number of hydrogen-bond donors (Lipinski definition) is 2. The predicted octanol–water partition coefficient (Wildman–Crippen LogP) is 2.93. The SMILES string of the molecule is COc1ccccc1Nc1ncnc(N)c1C(C)C. The number of benzene rings is 1. The van der Waals surface area contributed by atoms with Crippen LogP contribution in [0.4, 0.5) is 17.3 Å². The van der Waals surface area contributed by atoms with Crippen LogP contribution in [-0.2, 0) is 0 Å². The standard InChI is InChI=1S/C14H18N4O/c1-9(2)12-13(15)16-8-17-14(12)18-10-6-4-5-7-11(10)19-3/h4-9H,1-3H3,(H3,15,16,17,18). The Labute approximate surface area is 112 Å². The number of anilines is 3. The smallest absolute Gasteiger partial charge is 0.142 e. The second-order valence-corrected chi connectivity index (χ2v) is 4.50. The third-order valence-electron chi connectivity index (χ3n) is 2.85. The van der Waals surface area contributed by atoms with Gasteiger partial charge in [0.25, 0.3) is 0 Å². The molecular formula is C14H18N4O. The zero-order valence-corrected chi connectivity index (χ0v) is 11.3. The van der Waals surface area contributed by atoms with Crippen molar-refractivity contribution in [2.45, 2.75) is 19.8 Å². The lowest BCUT2D eigenvalue weighted by molar-refractivity contribution is 0.417. The summed E-state index contributed by atoms with van der Waals surface area (Å²) in [6, 6.07) is 7.68. The first-order valence-corrected chi connectivity index (χ1v) is 6.14. The van der Waals surface area contributed by atoms with Crippen LogP contribution >= 0.6 is 0 Å². The topological polar surface area (TPSA) is 73.1 Å². The Morgan fingerprint density at radius 2 is 1.95 bits per heavy atom. The molecule has 0 aliphatic carbocycles. The van der Waals surface area contributed by atoms with Gasteiger partial charge in [-0.3, -0.25) is 0 Å². The van der Waals surface area contributed by atoms with E-state index in [-0.39, 0.29) is 5.92 Å². The molecule has 0 bridgehead atoms. The highest BCUT2D eigenvalue weighted by Crippen LogP contribution is 2.32. The van der Waals surface area contributed by atoms with Gasteiger partial charge in [0.1, 0.15) is 23.7 Å². The fourth-order valence-electron chi connectivity index (χ4n) is 1.95. The van der Waals surface area contributed by atoms with Gasteiger partial charge in [0.15, 0.2) is 0 Å². The summed E-state index contributed by atoms with van der Waals surface area (Å²) in [4.78, 5) is 8.31. The number of nitrogens with two attached hydrogens (primary N) is 1. The minimum absolute atomic E-state index is 0.235. The molecule has 1 heterocycles. The lowest BCUT2D eigenvalue weighted by Gasteiger charge is -2.16. The lowest BCUT2D eigenvalue weighted by atomic mass is 10.0. The van der Waals surface area contributed by atoms with E-state index < -0.39 is 0 Å². The van der Waals surface area contributed by atoms with Crippen molar-refractivity contribution in [3.8, 4) is 5.75 Å². The minimum atomic E-state index is 0.235. The van der Waals surface area contributed by atoms with Crippen molar-refractivity contribution in [1.82, 2.24) is 9.97 Å². The Morgan fingerprint density at radius 3 is 2.63 bits per heavy atom. The molecule has 0 spiro atoms. The minimum Gasteiger partial charge on any atom is -0.495 e. The number of nitrogens with zero attached hydrogens (tertiary/aromatic N) is 2. The molecule has 0 radical (unpaired) electrons. The molecule has 0 fully saturated rings. The third kappa shape index (κ3) is 2.76. The number of para-hydroxylation sites is 2. The Balaban J connectivity index is 2.41. The lowest BCUT2D eigenvalue weighted by Crippen LogP contribution is -2.07. The maximum atomic E-state index is 5.92. The molecule has 0 aliphatic heterocycles. The number of methoxy groups -OCH3 is 1. The molecule has 5 nitrogen and oxygen atoms in total. The van der Waals surface area contributed by atoms with E-state index in [0.717, 1.165) is 17.0 Å². The highest BCUT2D eigenvalue weighted by atomic mass is 16.5. The van der Waals surface area contributed by atoms with E-state index in [4.69, 9.17) is 10.5 Å². The highest BCUT2D eigenvalue weighted by molar-refractivity contribution is 5.68. The fraction of sp³-hybridized carbons (Fsp3) is 0.286. The second kappa shape index (κ2) is 5.56. The maximum Gasteiger partial charge on any atom is 0.142 e. The van der Waals surface area contributed by atoms with E-state index in [1.807, 2.05) is 24.3 Å². The number of nitrogens with one attached hydrogen (secondary N) is 1. The van der Waals surface area contributed by atoms with E-state index in [1.54, 1.807) is 7.11 Å². The molecule has 0 amide bonds. The molecule has 0 aliphatic rings. The zero-order chi connectivity index (χ0) is 13.8. The van der Waals surface area contributed by atoms with Gasteiger partial charge < -0.3 is 15.8 Å². The van der Waals surface area contributed by atoms with E-state index in [2.05, 4.69) is 29.1 Å². The largest absolute Gasteiger partial charge is 0.495 e. The molecule has 3 N–H and O–H groups in total. The van der Waals surface area contributed by atoms with Crippen LogP contribution in [0.1, 0.15) is 25.3 Å². The van der Waals surface area contributed by atoms with Crippen LogP contribution in [0.25, 0.3) is 0 Å². The maximum absolute atomic E-state index is 5.92. The van der Waals surface area contributed by atoms with Crippen molar-refractivity contribution in [2.24, 2.45) is 0 Å². The van der Waals surface area contributed by atoms with Gasteiger partial charge in [-0.25, -0.2) is 9.97 Å². The van der Waals surface area contributed by atoms with Gasteiger partial charge in [0.05, 0.1) is 12.8 Å². The summed E-state index contributed by atoms with van der Waals surface area (Å²) in [5.74, 6) is 2.21. The van der Waals surface area contributed by atoms with E-state index in [9.17, 15) is 0 Å². The molecule has 2 aromatic rings. The number of hydrogen-bond acceptors (Lipinski definition) is 5. The van der Waals surface area contributed by atoms with Gasteiger partial charge in [0, 0.05) is 5.56 Å². The van der Waals surface area contributed by atoms with Gasteiger partial charge in [-0.2, -0.15) is 0 Å². The third-order valence-corrected chi connectivity index (χ3v) is 2.85. The monoisotopic (exact) mass is 258 g/mol. The summed E-state index contributed by atoms with van der Waals surface area (Å²) in [5.41, 5.74) is 7.69. The molecular weight excluding hydrogens is 240 g/mol. The number of nitrogen functional groups attached to an aromatic ring is 1. The Bertz CT molecular complexity index is 569. The molecule has 0 saturated heterocycles. The predicted molar refractivity (Wildman–Crippen MR) is 76.8 cm³/mol. The first-order valence-electron chi connectivity index (χ1n) is 6.14. The molecule has 19 heavy (non-hydrogen) atoms. The van der Waals surface area contributed by atoms with Crippen LogP contribution in [-0.4, -0.2) is 17.1 Å². The normalized spacial score (nSPS) is 10.5. The summed E-state index contributed by atoms with van der Waals surface area (Å²) in [6.07, 6.45) is 1.46. The van der Waals surface area contributed by atoms with E-state index >= 15 is 0 Å². The van der Waals surface area contributed by atoms with Crippen LogP contribution < -0.4 is 15.8 Å². The molecule has 1 aromatic carbocycles. The molecule has 100 valence electrons. The van der Waals surface area contributed by atoms with E-state index in [1.165, 1.54) is 6.33 Å². The van der Waals surface area contributed by atoms with Crippen molar-refractivity contribution in [2.75, 3.05) is 18.2 Å². The second-order valence-electron chi connectivity index (χ2n) is 4.50. The number of ether oxygens (including phenoxy) is 1. The number of aromatic nitrogens is 2. The van der Waals surface area contributed by atoms with Crippen molar-refractivity contribution in [3.63, 3.8) is 0 Å². The van der Waals surface area contributed by atoms with Gasteiger partial charge in [0.2, 0.25) is 0 Å². The summed E-state index contributed by atoms with van der Waals surface area (Å²) < 4.78 is 5.31. The molecule has 1 aromatic heterocycles. The van der Waals surface area contributed by atoms with Crippen LogP contribution in [0.5, 0.6) is 5.75 Å². The molecule has 2 rings (SSSR count). The van der Waals surface area contributed by atoms with Gasteiger partial charge in [-0.15, -0.1) is 0 Å². The van der Waals surface area contributed by atoms with Gasteiger partial charge >= 0.3 is 0 Å². The Morgan fingerprint density at radius 1 is 1.21 bits per heavy atom. The molecule has 0 unspecified atom stereocenters. The summed E-state index contributed by atoms with van der Waals surface area (Å²) >= 11 is 0. The summed E-state index contributed by atoms with van der Waals surface area (Å²) in [6.45, 7) is 4.12. The summed E-state index contributed by atoms with van der Waals surface area (Å²) in [5, 5.41) is 3.26. The van der Waals surface area contributed by atoms with Crippen LogP contribution in [0.15, 0.2) is 30.6 Å². The highest BCUT2D eigenvalue weighted by Gasteiger charge is 2.14. The van der Waals surface area contributed by atoms with Crippen LogP contribution in [0.3, 0.4) is 0 Å². The average Bonchev–Trinajstić information content (AvgIpc) is 2.39. The zero-order valence-electron chi connectivity index (χ0n) is 11.3. The molecule has 0 saturated carbocycles. The van der Waals surface area contributed by atoms with Gasteiger partial charge in [-0.1, -0.05) is 26.0 Å². The van der Waals surface area contributed by atoms with Gasteiger partial charge in [-0.05, 0) is 18.1 Å². The van der Waals surface area contributed by atoms with Crippen molar-refractivity contribution < 1.29 is 4.74 Å². The molecule has 5 heteroatoms. The number of rotatable bonds is 4. The first-order chi connectivity index (χ1) is 9.13.